The van der Waals surface area contributed by atoms with Crippen molar-refractivity contribution in [3.8, 4) is 0 Å². The van der Waals surface area contributed by atoms with Gasteiger partial charge in [0.2, 0.25) is 0 Å². The van der Waals surface area contributed by atoms with E-state index in [1.54, 1.807) is 11.3 Å². The summed E-state index contributed by atoms with van der Waals surface area (Å²) in [4.78, 5) is 0. The normalized spacial score (nSPS) is 15.1. The molecule has 0 saturated carbocycles. The Morgan fingerprint density at radius 1 is 0.850 bits per heavy atom. The summed E-state index contributed by atoms with van der Waals surface area (Å²) in [5, 5.41) is 7.98. The summed E-state index contributed by atoms with van der Waals surface area (Å²) >= 11 is 1.76. The predicted molar refractivity (Wildman–Crippen MR) is 86.0 cm³/mol. The molecule has 1 aliphatic heterocycles. The average Bonchev–Trinajstić information content (AvgIpc) is 3.02. The second kappa shape index (κ2) is 4.22. The lowest BCUT2D eigenvalue weighted by atomic mass is 9.69. The Kier molecular flexibility index (Phi) is 2.48. The highest BCUT2D eigenvalue weighted by Crippen LogP contribution is 2.49. The fourth-order valence-corrected chi connectivity index (χ4v) is 3.97. The third-order valence-electron chi connectivity index (χ3n) is 4.30. The molecule has 3 aromatic rings. The van der Waals surface area contributed by atoms with E-state index in [-0.39, 0.29) is 5.41 Å². The van der Waals surface area contributed by atoms with Crippen molar-refractivity contribution in [2.24, 2.45) is 0 Å². The zero-order valence-electron chi connectivity index (χ0n) is 11.3. The van der Waals surface area contributed by atoms with Crippen LogP contribution < -0.4 is 5.32 Å². The molecule has 4 rings (SSSR count). The van der Waals surface area contributed by atoms with E-state index in [4.69, 9.17) is 0 Å². The van der Waals surface area contributed by atoms with E-state index in [1.165, 1.54) is 28.1 Å². The van der Waals surface area contributed by atoms with Gasteiger partial charge in [-0.3, -0.25) is 0 Å². The fourth-order valence-electron chi connectivity index (χ4n) is 3.21. The van der Waals surface area contributed by atoms with Crippen molar-refractivity contribution in [2.75, 3.05) is 5.32 Å². The number of hydrogen-bond donors (Lipinski definition) is 1. The summed E-state index contributed by atoms with van der Waals surface area (Å²) in [6.45, 7) is 2.33. The molecule has 2 aromatic carbocycles. The van der Waals surface area contributed by atoms with Crippen molar-refractivity contribution < 1.29 is 0 Å². The van der Waals surface area contributed by atoms with Gasteiger partial charge in [-0.15, -0.1) is 0 Å². The number of fused-ring (bicyclic) bond motifs is 2. The van der Waals surface area contributed by atoms with Crippen molar-refractivity contribution in [2.45, 2.75) is 12.3 Å². The van der Waals surface area contributed by atoms with Crippen LogP contribution in [0.15, 0.2) is 65.4 Å². The Balaban J connectivity index is 2.07. The SMILES string of the molecule is CC1(c2ccsc2)c2ccccc2Nc2ccccc21. The van der Waals surface area contributed by atoms with Crippen molar-refractivity contribution in [1.29, 1.82) is 0 Å². The maximum absolute atomic E-state index is 3.56. The van der Waals surface area contributed by atoms with Gasteiger partial charge in [-0.25, -0.2) is 0 Å². The summed E-state index contributed by atoms with van der Waals surface area (Å²) in [7, 11) is 0. The van der Waals surface area contributed by atoms with Gasteiger partial charge in [0, 0.05) is 16.8 Å². The van der Waals surface area contributed by atoms with Gasteiger partial charge in [-0.05, 0) is 52.6 Å². The molecule has 98 valence electrons. The van der Waals surface area contributed by atoms with Gasteiger partial charge in [0.15, 0.2) is 0 Å². The minimum Gasteiger partial charge on any atom is -0.355 e. The molecule has 0 saturated heterocycles. The highest BCUT2D eigenvalue weighted by molar-refractivity contribution is 7.08. The lowest BCUT2D eigenvalue weighted by Crippen LogP contribution is -2.30. The molecular formula is C18H15NS. The molecule has 2 heteroatoms. The van der Waals surface area contributed by atoms with Crippen LogP contribution in [-0.2, 0) is 5.41 Å². The van der Waals surface area contributed by atoms with E-state index in [9.17, 15) is 0 Å². The molecule has 0 radical (unpaired) electrons. The van der Waals surface area contributed by atoms with Crippen LogP contribution in [0.4, 0.5) is 11.4 Å². The van der Waals surface area contributed by atoms with Gasteiger partial charge in [0.25, 0.3) is 0 Å². The van der Waals surface area contributed by atoms with Gasteiger partial charge in [-0.2, -0.15) is 11.3 Å². The van der Waals surface area contributed by atoms with Crippen molar-refractivity contribution in [1.82, 2.24) is 0 Å². The van der Waals surface area contributed by atoms with Crippen LogP contribution >= 0.6 is 11.3 Å². The van der Waals surface area contributed by atoms with Crippen LogP contribution in [0.1, 0.15) is 23.6 Å². The first-order valence-corrected chi connectivity index (χ1v) is 7.73. The van der Waals surface area contributed by atoms with Gasteiger partial charge in [0.05, 0.1) is 0 Å². The number of rotatable bonds is 1. The van der Waals surface area contributed by atoms with Crippen molar-refractivity contribution in [3.63, 3.8) is 0 Å². The monoisotopic (exact) mass is 277 g/mol. The van der Waals surface area contributed by atoms with E-state index in [0.717, 1.165) is 0 Å². The highest BCUT2D eigenvalue weighted by atomic mass is 32.1. The number of benzene rings is 2. The minimum absolute atomic E-state index is 0.0849. The third-order valence-corrected chi connectivity index (χ3v) is 4.98. The maximum Gasteiger partial charge on any atom is 0.0472 e. The Labute approximate surface area is 122 Å². The van der Waals surface area contributed by atoms with Crippen LogP contribution in [0.25, 0.3) is 0 Å². The second-order valence-corrected chi connectivity index (χ2v) is 6.13. The van der Waals surface area contributed by atoms with Crippen LogP contribution in [0.2, 0.25) is 0 Å². The quantitative estimate of drug-likeness (QED) is 0.648. The molecule has 0 spiro atoms. The van der Waals surface area contributed by atoms with E-state index in [1.807, 2.05) is 0 Å². The van der Waals surface area contributed by atoms with Gasteiger partial charge >= 0.3 is 0 Å². The smallest absolute Gasteiger partial charge is 0.0472 e. The Morgan fingerprint density at radius 2 is 1.45 bits per heavy atom. The zero-order chi connectivity index (χ0) is 13.6. The molecule has 0 bridgehead atoms. The van der Waals surface area contributed by atoms with Crippen LogP contribution in [-0.4, -0.2) is 0 Å². The largest absolute Gasteiger partial charge is 0.355 e. The molecule has 1 nitrogen and oxygen atoms in total. The molecule has 0 unspecified atom stereocenters. The van der Waals surface area contributed by atoms with Crippen LogP contribution in [0.3, 0.4) is 0 Å². The Hall–Kier alpha value is -2.06. The topological polar surface area (TPSA) is 12.0 Å². The molecule has 1 N–H and O–H groups in total. The molecule has 0 fully saturated rings. The lowest BCUT2D eigenvalue weighted by Gasteiger charge is -2.38. The molecular weight excluding hydrogens is 262 g/mol. The summed E-state index contributed by atoms with van der Waals surface area (Å²) < 4.78 is 0. The van der Waals surface area contributed by atoms with Crippen molar-refractivity contribution >= 4 is 22.7 Å². The average molecular weight is 277 g/mol. The first kappa shape index (κ1) is 11.7. The number of thiophene rings is 1. The number of nitrogens with one attached hydrogen (secondary N) is 1. The standard InChI is InChI=1S/C18H15NS/c1-18(13-10-11-20-12-13)14-6-2-4-8-16(14)19-17-9-5-3-7-15(17)18/h2-12,19H,1H3. The zero-order valence-corrected chi connectivity index (χ0v) is 12.1. The van der Waals surface area contributed by atoms with Crippen molar-refractivity contribution in [3.05, 3.63) is 82.0 Å². The molecule has 1 aliphatic rings. The maximum atomic E-state index is 3.56. The van der Waals surface area contributed by atoms with E-state index < -0.39 is 0 Å². The molecule has 2 heterocycles. The third kappa shape index (κ3) is 1.49. The van der Waals surface area contributed by atoms with E-state index >= 15 is 0 Å². The van der Waals surface area contributed by atoms with Gasteiger partial charge in [0.1, 0.15) is 0 Å². The highest BCUT2D eigenvalue weighted by Gasteiger charge is 2.38. The van der Waals surface area contributed by atoms with Crippen LogP contribution in [0, 0.1) is 0 Å². The number of hydrogen-bond acceptors (Lipinski definition) is 2. The number of para-hydroxylation sites is 2. The fraction of sp³-hybridized carbons (Fsp3) is 0.111. The summed E-state index contributed by atoms with van der Waals surface area (Å²) in [6.07, 6.45) is 0. The Morgan fingerprint density at radius 3 is 2.00 bits per heavy atom. The van der Waals surface area contributed by atoms with Gasteiger partial charge < -0.3 is 5.32 Å². The summed E-state index contributed by atoms with van der Waals surface area (Å²) in [5.41, 5.74) is 6.39. The first-order chi connectivity index (χ1) is 9.80. The summed E-state index contributed by atoms with van der Waals surface area (Å²) in [6, 6.07) is 19.5. The van der Waals surface area contributed by atoms with E-state index in [2.05, 4.69) is 77.6 Å². The molecule has 0 atom stereocenters. The molecule has 0 aliphatic carbocycles. The molecule has 1 aromatic heterocycles. The second-order valence-electron chi connectivity index (χ2n) is 5.35. The summed E-state index contributed by atoms with van der Waals surface area (Å²) in [5.74, 6) is 0. The molecule has 0 amide bonds. The van der Waals surface area contributed by atoms with E-state index in [0.29, 0.717) is 0 Å². The van der Waals surface area contributed by atoms with Gasteiger partial charge in [-0.1, -0.05) is 36.4 Å². The first-order valence-electron chi connectivity index (χ1n) is 6.79. The Bertz CT molecular complexity index is 713. The van der Waals surface area contributed by atoms with Crippen LogP contribution in [0.5, 0.6) is 0 Å². The number of anilines is 2. The molecule has 20 heavy (non-hydrogen) atoms. The predicted octanol–water partition coefficient (Wildman–Crippen LogP) is 5.16. The lowest BCUT2D eigenvalue weighted by molar-refractivity contribution is 0.692. The minimum atomic E-state index is -0.0849.